The molecule has 2 aliphatic rings. The van der Waals surface area contributed by atoms with Crippen LogP contribution in [0.3, 0.4) is 0 Å². The average molecular weight is 561 g/mol. The van der Waals surface area contributed by atoms with Crippen molar-refractivity contribution in [2.75, 3.05) is 0 Å². The summed E-state index contributed by atoms with van der Waals surface area (Å²) < 4.78 is 87.8. The molecule has 2 aliphatic carbocycles. The number of rotatable bonds is 6. The monoisotopic (exact) mass is 560 g/mol. The van der Waals surface area contributed by atoms with E-state index in [4.69, 9.17) is 4.74 Å². The number of benzene rings is 3. The van der Waals surface area contributed by atoms with Gasteiger partial charge < -0.3 is 4.74 Å². The summed E-state index contributed by atoms with van der Waals surface area (Å²) in [6.07, 6.45) is -1.90. The Hall–Kier alpha value is -2.96. The molecular weight excluding hydrogens is 526 g/mol. The molecule has 7 heteroatoms. The standard InChI is InChI=1S/C33H34F6O/c1-21-2-4-24(5-3-21)26-12-19-30(31(34)20-26)25-8-6-22(7-9-25)23-10-13-28(14-11-23)33(38,39)40-29-17-15-27(16-18-29)32(35,36)37/h6-9,12,15-21,23-24,28H,2-5,10-11,13-14H2,1H3. The molecule has 0 aromatic heterocycles. The van der Waals surface area contributed by atoms with Crippen LogP contribution in [0.1, 0.15) is 86.8 Å². The highest BCUT2D eigenvalue weighted by atomic mass is 19.4. The summed E-state index contributed by atoms with van der Waals surface area (Å²) in [6.45, 7) is 2.27. The van der Waals surface area contributed by atoms with Crippen molar-refractivity contribution < 1.29 is 31.1 Å². The molecule has 40 heavy (non-hydrogen) atoms. The fourth-order valence-electron chi connectivity index (χ4n) is 6.26. The zero-order valence-electron chi connectivity index (χ0n) is 22.5. The van der Waals surface area contributed by atoms with E-state index in [1.165, 1.54) is 12.8 Å². The van der Waals surface area contributed by atoms with Gasteiger partial charge in [-0.15, -0.1) is 0 Å². The third-order valence-electron chi connectivity index (χ3n) is 8.81. The molecule has 2 saturated carbocycles. The molecule has 0 aliphatic heterocycles. The maximum absolute atomic E-state index is 15.1. The molecule has 2 fully saturated rings. The normalized spacial score (nSPS) is 24.1. The summed E-state index contributed by atoms with van der Waals surface area (Å²) in [6, 6.07) is 16.6. The van der Waals surface area contributed by atoms with Crippen molar-refractivity contribution in [3.05, 3.63) is 89.2 Å². The van der Waals surface area contributed by atoms with Gasteiger partial charge in [0.05, 0.1) is 11.5 Å². The van der Waals surface area contributed by atoms with Crippen LogP contribution >= 0.6 is 0 Å². The molecule has 3 aromatic carbocycles. The SMILES string of the molecule is CC1CCC(c2ccc(-c3ccc(C4CCC(C(F)(F)Oc5ccc(C(F)(F)F)cc5)CC4)cc3)c(F)c2)CC1. The van der Waals surface area contributed by atoms with Gasteiger partial charge >= 0.3 is 12.3 Å². The Morgan fingerprint density at radius 1 is 0.650 bits per heavy atom. The zero-order chi connectivity index (χ0) is 28.5. The smallest absolute Gasteiger partial charge is 0.416 e. The van der Waals surface area contributed by atoms with Crippen molar-refractivity contribution in [3.8, 4) is 16.9 Å². The Kier molecular flexibility index (Phi) is 8.21. The summed E-state index contributed by atoms with van der Waals surface area (Å²) in [4.78, 5) is 0. The molecule has 214 valence electrons. The fourth-order valence-corrected chi connectivity index (χ4v) is 6.26. The van der Waals surface area contributed by atoms with E-state index < -0.39 is 23.8 Å². The Bertz CT molecular complexity index is 1270. The molecule has 5 rings (SSSR count). The number of hydrogen-bond donors (Lipinski definition) is 0. The molecule has 1 nitrogen and oxygen atoms in total. The minimum absolute atomic E-state index is 0.105. The maximum atomic E-state index is 15.1. The second-order valence-corrected chi connectivity index (χ2v) is 11.6. The fraction of sp³-hybridized carbons (Fsp3) is 0.455. The van der Waals surface area contributed by atoms with E-state index in [1.54, 1.807) is 6.07 Å². The van der Waals surface area contributed by atoms with Gasteiger partial charge in [0.25, 0.3) is 0 Å². The first-order valence-corrected chi connectivity index (χ1v) is 14.1. The molecule has 0 atom stereocenters. The van der Waals surface area contributed by atoms with Crippen LogP contribution < -0.4 is 4.74 Å². The molecular formula is C33H34F6O. The Balaban J connectivity index is 1.17. The van der Waals surface area contributed by atoms with Crippen LogP contribution in [0.4, 0.5) is 26.3 Å². The quantitative estimate of drug-likeness (QED) is 0.273. The van der Waals surface area contributed by atoms with Crippen molar-refractivity contribution in [2.45, 2.75) is 82.4 Å². The van der Waals surface area contributed by atoms with Crippen LogP contribution in [-0.4, -0.2) is 6.11 Å². The van der Waals surface area contributed by atoms with Crippen LogP contribution in [0.15, 0.2) is 66.7 Å². The summed E-state index contributed by atoms with van der Waals surface area (Å²) >= 11 is 0. The van der Waals surface area contributed by atoms with Gasteiger partial charge in [-0.3, -0.25) is 0 Å². The number of halogens is 6. The minimum Gasteiger partial charge on any atom is -0.432 e. The summed E-state index contributed by atoms with van der Waals surface area (Å²) in [5, 5.41) is 0. The second-order valence-electron chi connectivity index (χ2n) is 11.6. The molecule has 0 amide bonds. The Morgan fingerprint density at radius 2 is 1.20 bits per heavy atom. The van der Waals surface area contributed by atoms with Crippen molar-refractivity contribution >= 4 is 0 Å². The second kappa shape index (κ2) is 11.5. The lowest BCUT2D eigenvalue weighted by Crippen LogP contribution is -2.37. The van der Waals surface area contributed by atoms with E-state index in [0.717, 1.165) is 59.7 Å². The van der Waals surface area contributed by atoms with Crippen molar-refractivity contribution in [1.82, 2.24) is 0 Å². The highest BCUT2D eigenvalue weighted by Crippen LogP contribution is 2.44. The molecule has 0 radical (unpaired) electrons. The van der Waals surface area contributed by atoms with Gasteiger partial charge in [0.15, 0.2) is 0 Å². The van der Waals surface area contributed by atoms with E-state index >= 15 is 4.39 Å². The van der Waals surface area contributed by atoms with Gasteiger partial charge in [-0.2, -0.15) is 22.0 Å². The van der Waals surface area contributed by atoms with Gasteiger partial charge in [0, 0.05) is 5.56 Å². The average Bonchev–Trinajstić information content (AvgIpc) is 2.93. The van der Waals surface area contributed by atoms with Crippen LogP contribution in [0.5, 0.6) is 5.75 Å². The van der Waals surface area contributed by atoms with Gasteiger partial charge in [-0.25, -0.2) is 4.39 Å². The van der Waals surface area contributed by atoms with Gasteiger partial charge in [-0.1, -0.05) is 56.2 Å². The number of ether oxygens (including phenoxy) is 1. The molecule has 0 unspecified atom stereocenters. The molecule has 0 saturated heterocycles. The van der Waals surface area contributed by atoms with E-state index in [-0.39, 0.29) is 30.3 Å². The lowest BCUT2D eigenvalue weighted by Gasteiger charge is -2.33. The highest BCUT2D eigenvalue weighted by Gasteiger charge is 2.44. The molecule has 3 aromatic rings. The first-order chi connectivity index (χ1) is 19.0. The first-order valence-electron chi connectivity index (χ1n) is 14.1. The van der Waals surface area contributed by atoms with Crippen molar-refractivity contribution in [2.24, 2.45) is 11.8 Å². The Labute approximate surface area is 231 Å². The number of hydrogen-bond acceptors (Lipinski definition) is 1. The van der Waals surface area contributed by atoms with Crippen LogP contribution in [-0.2, 0) is 6.18 Å². The summed E-state index contributed by atoms with van der Waals surface area (Å²) in [5.41, 5.74) is 2.53. The van der Waals surface area contributed by atoms with Crippen molar-refractivity contribution in [3.63, 3.8) is 0 Å². The topological polar surface area (TPSA) is 9.23 Å². The van der Waals surface area contributed by atoms with Crippen LogP contribution in [0.2, 0.25) is 0 Å². The van der Waals surface area contributed by atoms with Gasteiger partial charge in [0.1, 0.15) is 11.6 Å². The van der Waals surface area contributed by atoms with Gasteiger partial charge in [0.2, 0.25) is 0 Å². The van der Waals surface area contributed by atoms with Crippen LogP contribution in [0.25, 0.3) is 11.1 Å². The van der Waals surface area contributed by atoms with E-state index in [9.17, 15) is 22.0 Å². The maximum Gasteiger partial charge on any atom is 0.416 e. The largest absolute Gasteiger partial charge is 0.432 e. The molecule has 0 bridgehead atoms. The lowest BCUT2D eigenvalue weighted by atomic mass is 9.78. The third-order valence-corrected chi connectivity index (χ3v) is 8.81. The molecule has 0 N–H and O–H groups in total. The molecule has 0 heterocycles. The lowest BCUT2D eigenvalue weighted by molar-refractivity contribution is -0.222. The predicted molar refractivity (Wildman–Crippen MR) is 144 cm³/mol. The minimum atomic E-state index is -4.54. The van der Waals surface area contributed by atoms with E-state index in [1.807, 2.05) is 36.4 Å². The third kappa shape index (κ3) is 6.50. The summed E-state index contributed by atoms with van der Waals surface area (Å²) in [7, 11) is 0. The molecule has 0 spiro atoms. The predicted octanol–water partition coefficient (Wildman–Crippen LogP) is 10.8. The number of alkyl halides is 5. The first kappa shape index (κ1) is 28.6. The van der Waals surface area contributed by atoms with Crippen LogP contribution in [0, 0.1) is 17.7 Å². The van der Waals surface area contributed by atoms with Crippen molar-refractivity contribution in [1.29, 1.82) is 0 Å². The van der Waals surface area contributed by atoms with Gasteiger partial charge in [-0.05, 0) is 103 Å². The highest BCUT2D eigenvalue weighted by molar-refractivity contribution is 5.65. The zero-order valence-corrected chi connectivity index (χ0v) is 22.5. The van der Waals surface area contributed by atoms with E-state index in [0.29, 0.717) is 24.3 Å². The Morgan fingerprint density at radius 3 is 1.77 bits per heavy atom. The van der Waals surface area contributed by atoms with E-state index in [2.05, 4.69) is 6.92 Å². The summed E-state index contributed by atoms with van der Waals surface area (Å²) in [5.74, 6) is -0.265.